The molecule has 1 saturated heterocycles. The molecule has 0 aromatic heterocycles. The Morgan fingerprint density at radius 1 is 1.36 bits per heavy atom. The van der Waals surface area contributed by atoms with Crippen LogP contribution in [0.5, 0.6) is 0 Å². The van der Waals surface area contributed by atoms with Gasteiger partial charge in [-0.15, -0.1) is 0 Å². The van der Waals surface area contributed by atoms with E-state index in [1.54, 1.807) is 0 Å². The Labute approximate surface area is 66.9 Å². The first-order chi connectivity index (χ1) is 4.97. The molecule has 1 heterocycles. The molecule has 1 fully saturated rings. The quantitative estimate of drug-likeness (QED) is 0.404. The Hall–Kier alpha value is -0.130. The summed E-state index contributed by atoms with van der Waals surface area (Å²) in [6, 6.07) is 0. The number of quaternary nitrogens is 1. The van der Waals surface area contributed by atoms with E-state index in [0.717, 1.165) is 0 Å². The topological polar surface area (TPSA) is 57.2 Å². The summed E-state index contributed by atoms with van der Waals surface area (Å²) in [4.78, 5) is 0. The molecule has 0 N–H and O–H groups in total. The molecular formula is C6H12NO3S. The van der Waals surface area contributed by atoms with Crippen LogP contribution in [0.15, 0.2) is 0 Å². The third-order valence-electron chi connectivity index (χ3n) is 2.03. The van der Waals surface area contributed by atoms with Crippen LogP contribution >= 0.6 is 0 Å². The zero-order valence-corrected chi connectivity index (χ0v) is 7.14. The van der Waals surface area contributed by atoms with E-state index in [-0.39, 0.29) is 31.1 Å². The lowest BCUT2D eigenvalue weighted by molar-refractivity contribution is -0.871. The second kappa shape index (κ2) is 2.73. The van der Waals surface area contributed by atoms with Gasteiger partial charge in [-0.2, -0.15) is 0 Å². The van der Waals surface area contributed by atoms with Gasteiger partial charge in [0.2, 0.25) is 0 Å². The van der Waals surface area contributed by atoms with Crippen LogP contribution in [0.2, 0.25) is 0 Å². The summed E-state index contributed by atoms with van der Waals surface area (Å²) < 4.78 is 21.3. The van der Waals surface area contributed by atoms with Crippen molar-refractivity contribution in [3.05, 3.63) is 12.1 Å². The SMILES string of the molecule is [CH2]C[N+]1([O-])CCS(=O)(=O)CC1. The molecule has 5 heteroatoms. The van der Waals surface area contributed by atoms with Crippen molar-refractivity contribution < 1.29 is 13.1 Å². The van der Waals surface area contributed by atoms with Gasteiger partial charge in [-0.25, -0.2) is 8.42 Å². The summed E-state index contributed by atoms with van der Waals surface area (Å²) in [7, 11) is -2.91. The number of hydrogen-bond acceptors (Lipinski definition) is 3. The molecule has 65 valence electrons. The van der Waals surface area contributed by atoms with E-state index >= 15 is 0 Å². The van der Waals surface area contributed by atoms with E-state index in [9.17, 15) is 13.6 Å². The second-order valence-electron chi connectivity index (χ2n) is 2.88. The number of sulfone groups is 1. The van der Waals surface area contributed by atoms with Gasteiger partial charge in [0.05, 0.1) is 31.1 Å². The first-order valence-electron chi connectivity index (χ1n) is 3.54. The predicted molar refractivity (Wildman–Crippen MR) is 42.2 cm³/mol. The van der Waals surface area contributed by atoms with Gasteiger partial charge in [-0.05, 0) is 0 Å². The van der Waals surface area contributed by atoms with Crippen molar-refractivity contribution in [2.24, 2.45) is 0 Å². The first-order valence-corrected chi connectivity index (χ1v) is 5.36. The lowest BCUT2D eigenvalue weighted by atomic mass is 10.5. The summed E-state index contributed by atoms with van der Waals surface area (Å²) in [6.45, 7) is 4.07. The number of rotatable bonds is 1. The fraction of sp³-hybridized carbons (Fsp3) is 0.833. The summed E-state index contributed by atoms with van der Waals surface area (Å²) >= 11 is 0. The molecule has 1 aliphatic heterocycles. The van der Waals surface area contributed by atoms with Gasteiger partial charge in [0, 0.05) is 6.92 Å². The first kappa shape index (κ1) is 8.96. The molecule has 11 heavy (non-hydrogen) atoms. The zero-order valence-electron chi connectivity index (χ0n) is 6.32. The molecule has 0 aromatic rings. The van der Waals surface area contributed by atoms with Gasteiger partial charge < -0.3 is 9.85 Å². The van der Waals surface area contributed by atoms with E-state index in [4.69, 9.17) is 0 Å². The highest BCUT2D eigenvalue weighted by Gasteiger charge is 2.27. The molecule has 0 spiro atoms. The van der Waals surface area contributed by atoms with Crippen LogP contribution in [-0.2, 0) is 9.84 Å². The van der Waals surface area contributed by atoms with Crippen LogP contribution in [0.4, 0.5) is 0 Å². The van der Waals surface area contributed by atoms with Crippen LogP contribution in [0, 0.1) is 12.1 Å². The van der Waals surface area contributed by atoms with Crippen molar-refractivity contribution in [1.82, 2.24) is 0 Å². The van der Waals surface area contributed by atoms with Gasteiger partial charge in [-0.3, -0.25) is 0 Å². The fourth-order valence-corrected chi connectivity index (χ4v) is 2.47. The van der Waals surface area contributed by atoms with E-state index in [0.29, 0.717) is 0 Å². The minimum absolute atomic E-state index is 0.0199. The summed E-state index contributed by atoms with van der Waals surface area (Å²) in [6.07, 6.45) is 0. The smallest absolute Gasteiger partial charge is 0.161 e. The molecule has 0 atom stereocenters. The molecule has 0 saturated carbocycles. The Morgan fingerprint density at radius 3 is 2.18 bits per heavy atom. The molecule has 1 radical (unpaired) electrons. The highest BCUT2D eigenvalue weighted by Crippen LogP contribution is 2.11. The van der Waals surface area contributed by atoms with E-state index in [1.807, 2.05) is 0 Å². The Balaban J connectivity index is 2.62. The maximum atomic E-state index is 11.4. The normalized spacial score (nSPS) is 28.2. The summed E-state index contributed by atoms with van der Waals surface area (Å²) in [5.74, 6) is 0.0397. The van der Waals surface area contributed by atoms with Crippen LogP contribution in [0.25, 0.3) is 0 Å². The standard InChI is InChI=1S/C6H12NO3S/c1-2-7(8)3-5-11(9,10)6-4-7/h1-6H2. The Bertz CT molecular complexity index is 220. The van der Waals surface area contributed by atoms with Crippen LogP contribution < -0.4 is 0 Å². The van der Waals surface area contributed by atoms with Gasteiger partial charge >= 0.3 is 0 Å². The average Bonchev–Trinajstić information content (AvgIpc) is 1.97. The van der Waals surface area contributed by atoms with Crippen LogP contribution in [0.3, 0.4) is 0 Å². The number of hydroxylamine groups is 3. The predicted octanol–water partition coefficient (Wildman–Crippen LogP) is -0.437. The maximum absolute atomic E-state index is 11.4. The molecule has 0 aliphatic carbocycles. The Kier molecular flexibility index (Phi) is 2.22. The van der Waals surface area contributed by atoms with Crippen molar-refractivity contribution >= 4 is 9.84 Å². The van der Waals surface area contributed by atoms with E-state index < -0.39 is 14.5 Å². The number of nitrogens with zero attached hydrogens (tertiary/aromatic N) is 1. The molecule has 4 nitrogen and oxygen atoms in total. The molecular weight excluding hydrogens is 166 g/mol. The molecule has 0 amide bonds. The van der Waals surface area contributed by atoms with Crippen molar-refractivity contribution in [3.8, 4) is 0 Å². The van der Waals surface area contributed by atoms with Crippen molar-refractivity contribution in [1.29, 1.82) is 0 Å². The maximum Gasteiger partial charge on any atom is 0.161 e. The van der Waals surface area contributed by atoms with Crippen molar-refractivity contribution in [2.45, 2.75) is 0 Å². The van der Waals surface area contributed by atoms with Crippen LogP contribution in [-0.4, -0.2) is 44.2 Å². The van der Waals surface area contributed by atoms with Gasteiger partial charge in [0.1, 0.15) is 0 Å². The highest BCUT2D eigenvalue weighted by atomic mass is 32.2. The molecule has 1 rings (SSSR count). The highest BCUT2D eigenvalue weighted by molar-refractivity contribution is 7.91. The van der Waals surface area contributed by atoms with Gasteiger partial charge in [-0.1, -0.05) is 0 Å². The lowest BCUT2D eigenvalue weighted by Crippen LogP contribution is -2.52. The molecule has 0 aromatic carbocycles. The molecule has 0 unspecified atom stereocenters. The number of hydrogen-bond donors (Lipinski definition) is 0. The van der Waals surface area contributed by atoms with Gasteiger partial charge in [0.25, 0.3) is 0 Å². The third kappa shape index (κ3) is 2.15. The lowest BCUT2D eigenvalue weighted by Gasteiger charge is -2.44. The van der Waals surface area contributed by atoms with Crippen LogP contribution in [0.1, 0.15) is 0 Å². The zero-order chi connectivity index (χ0) is 8.54. The summed E-state index contributed by atoms with van der Waals surface area (Å²) in [5.41, 5.74) is 0. The fourth-order valence-electron chi connectivity index (χ4n) is 1.05. The molecule has 0 bridgehead atoms. The van der Waals surface area contributed by atoms with E-state index in [2.05, 4.69) is 6.92 Å². The second-order valence-corrected chi connectivity index (χ2v) is 5.18. The minimum atomic E-state index is -2.91. The Morgan fingerprint density at radius 2 is 1.82 bits per heavy atom. The monoisotopic (exact) mass is 178 g/mol. The minimum Gasteiger partial charge on any atom is -0.633 e. The van der Waals surface area contributed by atoms with Crippen molar-refractivity contribution in [3.63, 3.8) is 0 Å². The molecule has 1 aliphatic rings. The van der Waals surface area contributed by atoms with Gasteiger partial charge in [0.15, 0.2) is 9.84 Å². The summed E-state index contributed by atoms with van der Waals surface area (Å²) in [5, 5.41) is 11.4. The largest absolute Gasteiger partial charge is 0.633 e. The van der Waals surface area contributed by atoms with E-state index in [1.165, 1.54) is 0 Å². The third-order valence-corrected chi connectivity index (χ3v) is 3.64. The van der Waals surface area contributed by atoms with Crippen molar-refractivity contribution in [2.75, 3.05) is 31.1 Å². The average molecular weight is 178 g/mol.